The molecule has 0 unspecified atom stereocenters. The molecule has 2 aromatic rings. The number of hydrogen-bond donors (Lipinski definition) is 3. The number of ether oxygens (including phenoxy) is 1. The number of anilines is 1. The predicted molar refractivity (Wildman–Crippen MR) is 154 cm³/mol. The number of amides is 2. The van der Waals surface area contributed by atoms with Crippen molar-refractivity contribution in [3.63, 3.8) is 0 Å². The summed E-state index contributed by atoms with van der Waals surface area (Å²) in [5.74, 6) is 1.22. The van der Waals surface area contributed by atoms with Crippen molar-refractivity contribution in [2.24, 2.45) is 11.8 Å². The molecule has 5 rings (SSSR count). The van der Waals surface area contributed by atoms with Crippen molar-refractivity contribution in [1.29, 1.82) is 0 Å². The molecule has 0 aromatic heterocycles. The van der Waals surface area contributed by atoms with E-state index in [1.807, 2.05) is 41.3 Å². The summed E-state index contributed by atoms with van der Waals surface area (Å²) < 4.78 is 6.18. The lowest BCUT2D eigenvalue weighted by Crippen LogP contribution is -2.47. The summed E-state index contributed by atoms with van der Waals surface area (Å²) in [5.41, 5.74) is 3.25. The highest BCUT2D eigenvalue weighted by atomic mass is 35.5. The number of rotatable bonds is 5. The summed E-state index contributed by atoms with van der Waals surface area (Å²) in [4.78, 5) is 30.2. The third kappa shape index (κ3) is 7.53. The van der Waals surface area contributed by atoms with Crippen LogP contribution in [0.4, 0.5) is 5.69 Å². The number of fused-ring (bicyclic) bond motifs is 3. The molecule has 3 aliphatic rings. The van der Waals surface area contributed by atoms with Gasteiger partial charge in [0.15, 0.2) is 0 Å². The molecule has 2 atom stereocenters. The minimum Gasteiger partial charge on any atom is -0.489 e. The van der Waals surface area contributed by atoms with Gasteiger partial charge in [-0.25, -0.2) is 0 Å². The van der Waals surface area contributed by atoms with Crippen molar-refractivity contribution >= 4 is 29.1 Å². The average molecular weight is 552 g/mol. The second kappa shape index (κ2) is 13.3. The van der Waals surface area contributed by atoms with Gasteiger partial charge in [-0.15, -0.1) is 0 Å². The van der Waals surface area contributed by atoms with E-state index >= 15 is 0 Å². The molecule has 8 nitrogen and oxygen atoms in total. The predicted octanol–water partition coefficient (Wildman–Crippen LogP) is 2.96. The molecule has 2 amide bonds. The van der Waals surface area contributed by atoms with E-state index in [4.69, 9.17) is 16.3 Å². The largest absolute Gasteiger partial charge is 0.489 e. The van der Waals surface area contributed by atoms with Crippen LogP contribution in [-0.4, -0.2) is 69.1 Å². The third-order valence-electron chi connectivity index (χ3n) is 7.85. The molecular weight excluding hydrogens is 514 g/mol. The number of carbonyl (C=O) groups excluding carboxylic acids is 2. The summed E-state index contributed by atoms with van der Waals surface area (Å²) in [5, 5.41) is 10.5. The van der Waals surface area contributed by atoms with Gasteiger partial charge in [-0.3, -0.25) is 9.59 Å². The first-order chi connectivity index (χ1) is 19.0. The number of hydrogen-bond acceptors (Lipinski definition) is 6. The Kier molecular flexibility index (Phi) is 9.40. The van der Waals surface area contributed by atoms with E-state index in [-0.39, 0.29) is 30.2 Å². The van der Waals surface area contributed by atoms with Crippen molar-refractivity contribution in [2.45, 2.75) is 25.9 Å². The first-order valence-electron chi connectivity index (χ1n) is 13.9. The highest BCUT2D eigenvalue weighted by Crippen LogP contribution is 2.29. The molecule has 0 spiro atoms. The van der Waals surface area contributed by atoms with Crippen LogP contribution in [0.5, 0.6) is 5.75 Å². The fraction of sp³-hybridized carbons (Fsp3) is 0.467. The standard InChI is InChI=1S/C30H38ClN5O3/c31-26-5-3-22(4-6-26)18-34-29(37)17-23-9-12-36-21-24(23)2-1-15-39-28-8-7-27(35-13-10-32-11-14-35)16-25(28)19-33-20-30(36)38/h1-8,16,23-24,32-33H,9-15,17-21H2,(H,34,37)/b2-1+/t23-,24-/m0/s1. The fourth-order valence-electron chi connectivity index (χ4n) is 5.59. The maximum absolute atomic E-state index is 13.1. The normalized spacial score (nSPS) is 22.9. The first kappa shape index (κ1) is 27.5. The Labute approximate surface area is 235 Å². The summed E-state index contributed by atoms with van der Waals surface area (Å²) in [6.45, 7) is 6.96. The minimum atomic E-state index is 0.0261. The molecular formula is C30H38ClN5O3. The van der Waals surface area contributed by atoms with Gasteiger partial charge in [0.1, 0.15) is 12.4 Å². The van der Waals surface area contributed by atoms with Crippen LogP contribution in [0.15, 0.2) is 54.6 Å². The molecule has 208 valence electrons. The van der Waals surface area contributed by atoms with Gasteiger partial charge in [-0.05, 0) is 54.2 Å². The maximum atomic E-state index is 13.1. The number of carbonyl (C=O) groups is 2. The van der Waals surface area contributed by atoms with E-state index in [0.717, 1.165) is 49.5 Å². The molecule has 2 aromatic carbocycles. The zero-order chi connectivity index (χ0) is 27.0. The highest BCUT2D eigenvalue weighted by molar-refractivity contribution is 6.30. The van der Waals surface area contributed by atoms with E-state index in [0.29, 0.717) is 44.2 Å². The quantitative estimate of drug-likeness (QED) is 0.496. The van der Waals surface area contributed by atoms with Crippen molar-refractivity contribution in [1.82, 2.24) is 20.9 Å². The molecule has 3 N–H and O–H groups in total. The number of benzene rings is 2. The monoisotopic (exact) mass is 551 g/mol. The second-order valence-electron chi connectivity index (χ2n) is 10.5. The number of nitrogens with zero attached hydrogens (tertiary/aromatic N) is 2. The molecule has 0 radical (unpaired) electrons. The smallest absolute Gasteiger partial charge is 0.236 e. The van der Waals surface area contributed by atoms with Crippen LogP contribution in [-0.2, 0) is 22.7 Å². The van der Waals surface area contributed by atoms with Gasteiger partial charge in [0, 0.05) is 75.1 Å². The lowest BCUT2D eigenvalue weighted by molar-refractivity contribution is -0.132. The highest BCUT2D eigenvalue weighted by Gasteiger charge is 2.31. The van der Waals surface area contributed by atoms with E-state index in [2.05, 4.69) is 39.1 Å². The van der Waals surface area contributed by atoms with Crippen LogP contribution in [0.3, 0.4) is 0 Å². The van der Waals surface area contributed by atoms with Gasteiger partial charge in [0.25, 0.3) is 0 Å². The minimum absolute atomic E-state index is 0.0261. The Morgan fingerprint density at radius 3 is 2.67 bits per heavy atom. The van der Waals surface area contributed by atoms with E-state index in [1.54, 1.807) is 0 Å². The molecule has 2 bridgehead atoms. The van der Waals surface area contributed by atoms with Crippen LogP contribution in [0.1, 0.15) is 24.0 Å². The van der Waals surface area contributed by atoms with Crippen molar-refractivity contribution < 1.29 is 14.3 Å². The summed E-state index contributed by atoms with van der Waals surface area (Å²) in [7, 11) is 0. The van der Waals surface area contributed by atoms with Gasteiger partial charge >= 0.3 is 0 Å². The Morgan fingerprint density at radius 2 is 1.85 bits per heavy atom. The molecule has 39 heavy (non-hydrogen) atoms. The van der Waals surface area contributed by atoms with Gasteiger partial charge in [-0.2, -0.15) is 0 Å². The third-order valence-corrected chi connectivity index (χ3v) is 8.10. The zero-order valence-electron chi connectivity index (χ0n) is 22.3. The van der Waals surface area contributed by atoms with Crippen LogP contribution >= 0.6 is 11.6 Å². The fourth-order valence-corrected chi connectivity index (χ4v) is 5.72. The number of piperidine rings is 1. The molecule has 0 saturated carbocycles. The molecule has 3 heterocycles. The van der Waals surface area contributed by atoms with E-state index < -0.39 is 0 Å². The first-order valence-corrected chi connectivity index (χ1v) is 14.3. The lowest BCUT2D eigenvalue weighted by Gasteiger charge is -2.37. The SMILES string of the molecule is O=C(C[C@@H]1CCN2C[C@@H]1/C=C/COc1ccc(N3CCNCC3)cc1CNCC2=O)NCc1ccc(Cl)cc1. The van der Waals surface area contributed by atoms with E-state index in [1.165, 1.54) is 5.69 Å². The summed E-state index contributed by atoms with van der Waals surface area (Å²) in [6, 6.07) is 13.8. The number of nitrogens with one attached hydrogen (secondary N) is 3. The van der Waals surface area contributed by atoms with Gasteiger partial charge in [0.05, 0.1) is 6.54 Å². The topological polar surface area (TPSA) is 85.9 Å². The van der Waals surface area contributed by atoms with Crippen molar-refractivity contribution in [2.75, 3.05) is 57.3 Å². The number of halogens is 1. The van der Waals surface area contributed by atoms with Crippen molar-refractivity contribution in [3.8, 4) is 5.75 Å². The van der Waals surface area contributed by atoms with Gasteiger partial charge in [0.2, 0.25) is 11.8 Å². The average Bonchev–Trinajstić information content (AvgIpc) is 2.97. The zero-order valence-corrected chi connectivity index (χ0v) is 23.1. The molecule has 2 saturated heterocycles. The molecule has 3 aliphatic heterocycles. The number of piperazine rings is 1. The van der Waals surface area contributed by atoms with Gasteiger partial charge in [-0.1, -0.05) is 35.9 Å². The van der Waals surface area contributed by atoms with Crippen LogP contribution in [0, 0.1) is 11.8 Å². The van der Waals surface area contributed by atoms with E-state index in [9.17, 15) is 9.59 Å². The Morgan fingerprint density at radius 1 is 1.03 bits per heavy atom. The Hall–Kier alpha value is -3.07. The maximum Gasteiger partial charge on any atom is 0.236 e. The van der Waals surface area contributed by atoms with Crippen LogP contribution in [0.25, 0.3) is 0 Å². The lowest BCUT2D eigenvalue weighted by atomic mass is 9.82. The summed E-state index contributed by atoms with van der Waals surface area (Å²) in [6.07, 6.45) is 5.40. The Balaban J connectivity index is 1.23. The Bertz CT molecular complexity index is 1170. The summed E-state index contributed by atoms with van der Waals surface area (Å²) >= 11 is 5.96. The molecule has 0 aliphatic carbocycles. The molecule has 9 heteroatoms. The van der Waals surface area contributed by atoms with Crippen molar-refractivity contribution in [3.05, 3.63) is 70.8 Å². The van der Waals surface area contributed by atoms with Crippen LogP contribution in [0.2, 0.25) is 5.02 Å². The van der Waals surface area contributed by atoms with Gasteiger partial charge < -0.3 is 30.5 Å². The molecule has 2 fully saturated rings. The second-order valence-corrected chi connectivity index (χ2v) is 11.0. The van der Waals surface area contributed by atoms with Crippen LogP contribution < -0.4 is 25.6 Å².